The molecule has 0 radical (unpaired) electrons. The predicted octanol–water partition coefficient (Wildman–Crippen LogP) is 8.06. The maximum absolute atomic E-state index is 11.7. The smallest absolute Gasteiger partial charge is 0.305 e. The summed E-state index contributed by atoms with van der Waals surface area (Å²) in [7, 11) is 6.35. The summed E-state index contributed by atoms with van der Waals surface area (Å²) < 4.78 is 6.14. The van der Waals surface area contributed by atoms with Gasteiger partial charge in [-0.1, -0.05) is 122 Å². The van der Waals surface area contributed by atoms with Gasteiger partial charge in [-0.3, -0.25) is 4.79 Å². The standard InChI is InChI=1S/C27H56NO2/c1-5-6-7-8-9-10-11-12-13-14-15-16-17-18-19-20-21-22-23-24-27(29)30-26-25-28(2,3)4/h5-26H2,1-4H3/q+1. The number of hydrogen-bond donors (Lipinski definition) is 0. The topological polar surface area (TPSA) is 26.3 Å². The van der Waals surface area contributed by atoms with Crippen molar-refractivity contribution in [3.8, 4) is 0 Å². The molecule has 0 atom stereocenters. The van der Waals surface area contributed by atoms with Crippen molar-refractivity contribution in [1.82, 2.24) is 0 Å². The number of carbonyl (C=O) groups excluding carboxylic acids is 1. The quantitative estimate of drug-likeness (QED) is 0.0938. The second-order valence-electron chi connectivity index (χ2n) is 10.3. The van der Waals surface area contributed by atoms with E-state index in [0.717, 1.165) is 17.4 Å². The van der Waals surface area contributed by atoms with E-state index >= 15 is 0 Å². The minimum absolute atomic E-state index is 0.0181. The number of esters is 1. The van der Waals surface area contributed by atoms with Gasteiger partial charge in [-0.15, -0.1) is 0 Å². The Balaban J connectivity index is 3.13. The molecule has 0 aliphatic rings. The third-order valence-corrected chi connectivity index (χ3v) is 6.01. The summed E-state index contributed by atoms with van der Waals surface area (Å²) in [6.45, 7) is 3.71. The number of ether oxygens (including phenoxy) is 1. The summed E-state index contributed by atoms with van der Waals surface area (Å²) in [5.41, 5.74) is 0. The molecule has 0 aliphatic carbocycles. The van der Waals surface area contributed by atoms with Crippen molar-refractivity contribution in [2.75, 3.05) is 34.3 Å². The summed E-state index contributed by atoms with van der Waals surface area (Å²) in [6, 6.07) is 0. The number of nitrogens with zero attached hydrogens (tertiary/aromatic N) is 1. The molecule has 0 aromatic rings. The molecule has 3 nitrogen and oxygen atoms in total. The fourth-order valence-corrected chi connectivity index (χ4v) is 3.85. The van der Waals surface area contributed by atoms with Gasteiger partial charge >= 0.3 is 5.97 Å². The molecule has 0 heterocycles. The SMILES string of the molecule is CCCCCCCCCCCCCCCCCCCCCC(=O)OCC[N+](C)(C)C. The van der Waals surface area contributed by atoms with Gasteiger partial charge in [-0.05, 0) is 6.42 Å². The van der Waals surface area contributed by atoms with Crippen molar-refractivity contribution in [2.45, 2.75) is 135 Å². The maximum atomic E-state index is 11.7. The molecule has 0 fully saturated rings. The third kappa shape index (κ3) is 25.5. The number of carbonyl (C=O) groups is 1. The zero-order chi connectivity index (χ0) is 22.3. The van der Waals surface area contributed by atoms with E-state index in [4.69, 9.17) is 4.74 Å². The van der Waals surface area contributed by atoms with Gasteiger partial charge in [0.15, 0.2) is 0 Å². The fraction of sp³-hybridized carbons (Fsp3) is 0.963. The Bertz CT molecular complexity index is 362. The van der Waals surface area contributed by atoms with E-state index in [1.807, 2.05) is 0 Å². The second kappa shape index (κ2) is 21.7. The molecule has 0 saturated carbocycles. The Morgan fingerprint density at radius 1 is 0.567 bits per heavy atom. The number of rotatable bonds is 23. The van der Waals surface area contributed by atoms with Crippen molar-refractivity contribution in [3.63, 3.8) is 0 Å². The molecule has 0 aliphatic heterocycles. The fourth-order valence-electron chi connectivity index (χ4n) is 3.85. The minimum atomic E-state index is -0.0181. The molecule has 0 spiro atoms. The van der Waals surface area contributed by atoms with Crippen molar-refractivity contribution >= 4 is 5.97 Å². The molecule has 3 heteroatoms. The van der Waals surface area contributed by atoms with Crippen LogP contribution in [0.5, 0.6) is 0 Å². The van der Waals surface area contributed by atoms with Crippen molar-refractivity contribution in [3.05, 3.63) is 0 Å². The van der Waals surface area contributed by atoms with Gasteiger partial charge < -0.3 is 9.22 Å². The molecule has 0 aromatic heterocycles. The first-order valence-electron chi connectivity index (χ1n) is 13.4. The molecule has 0 amide bonds. The Kier molecular flexibility index (Phi) is 21.2. The van der Waals surface area contributed by atoms with Crippen LogP contribution in [0.15, 0.2) is 0 Å². The summed E-state index contributed by atoms with van der Waals surface area (Å²) in [5.74, 6) is -0.0181. The zero-order valence-corrected chi connectivity index (χ0v) is 21.3. The van der Waals surface area contributed by atoms with Crippen molar-refractivity contribution < 1.29 is 14.0 Å². The lowest BCUT2D eigenvalue weighted by atomic mass is 10.0. The molecule has 0 unspecified atom stereocenters. The second-order valence-corrected chi connectivity index (χ2v) is 10.3. The van der Waals surface area contributed by atoms with E-state index in [1.165, 1.54) is 116 Å². The van der Waals surface area contributed by atoms with Gasteiger partial charge in [0.2, 0.25) is 0 Å². The van der Waals surface area contributed by atoms with Crippen LogP contribution >= 0.6 is 0 Å². The van der Waals surface area contributed by atoms with Gasteiger partial charge in [0.1, 0.15) is 13.2 Å². The van der Waals surface area contributed by atoms with E-state index in [9.17, 15) is 4.79 Å². The van der Waals surface area contributed by atoms with Crippen LogP contribution in [-0.2, 0) is 9.53 Å². The number of unbranched alkanes of at least 4 members (excludes halogenated alkanes) is 18. The molecule has 0 saturated heterocycles. The van der Waals surface area contributed by atoms with E-state index in [2.05, 4.69) is 28.1 Å². The lowest BCUT2D eigenvalue weighted by Gasteiger charge is -2.23. The van der Waals surface area contributed by atoms with E-state index < -0.39 is 0 Å². The highest BCUT2D eigenvalue weighted by atomic mass is 16.5. The largest absolute Gasteiger partial charge is 0.460 e. The first kappa shape index (κ1) is 29.4. The van der Waals surface area contributed by atoms with Crippen LogP contribution in [-0.4, -0.2) is 44.7 Å². The lowest BCUT2D eigenvalue weighted by Crippen LogP contribution is -2.37. The van der Waals surface area contributed by atoms with Gasteiger partial charge in [0.25, 0.3) is 0 Å². The van der Waals surface area contributed by atoms with Crippen LogP contribution < -0.4 is 0 Å². The number of hydrogen-bond acceptors (Lipinski definition) is 2. The minimum Gasteiger partial charge on any atom is -0.460 e. The van der Waals surface area contributed by atoms with Crippen molar-refractivity contribution in [2.24, 2.45) is 0 Å². The number of quaternary nitrogens is 1. The van der Waals surface area contributed by atoms with Gasteiger partial charge in [0, 0.05) is 6.42 Å². The van der Waals surface area contributed by atoms with E-state index in [1.54, 1.807) is 0 Å². The highest BCUT2D eigenvalue weighted by Gasteiger charge is 2.09. The molecule has 0 bridgehead atoms. The normalized spacial score (nSPS) is 11.7. The molecule has 30 heavy (non-hydrogen) atoms. The first-order chi connectivity index (χ1) is 14.5. The zero-order valence-electron chi connectivity index (χ0n) is 21.3. The highest BCUT2D eigenvalue weighted by molar-refractivity contribution is 5.69. The Morgan fingerprint density at radius 3 is 1.23 bits per heavy atom. The van der Waals surface area contributed by atoms with Crippen molar-refractivity contribution in [1.29, 1.82) is 0 Å². The molecule has 0 aromatic carbocycles. The molecular weight excluding hydrogens is 370 g/mol. The Morgan fingerprint density at radius 2 is 0.900 bits per heavy atom. The molecule has 180 valence electrons. The summed E-state index contributed by atoms with van der Waals surface area (Å²) in [4.78, 5) is 11.7. The van der Waals surface area contributed by atoms with Crippen LogP contribution in [0, 0.1) is 0 Å². The summed E-state index contributed by atoms with van der Waals surface area (Å²) in [6.07, 6.45) is 26.8. The average molecular weight is 427 g/mol. The summed E-state index contributed by atoms with van der Waals surface area (Å²) >= 11 is 0. The lowest BCUT2D eigenvalue weighted by molar-refractivity contribution is -0.870. The van der Waals surface area contributed by atoms with Crippen LogP contribution in [0.3, 0.4) is 0 Å². The number of likely N-dealkylation sites (N-methyl/N-ethyl adjacent to an activating group) is 1. The average Bonchev–Trinajstić information content (AvgIpc) is 2.68. The molecule has 0 rings (SSSR count). The first-order valence-corrected chi connectivity index (χ1v) is 13.4. The van der Waals surface area contributed by atoms with Gasteiger partial charge in [0.05, 0.1) is 21.1 Å². The van der Waals surface area contributed by atoms with Crippen LogP contribution in [0.1, 0.15) is 135 Å². The molecule has 0 N–H and O–H groups in total. The maximum Gasteiger partial charge on any atom is 0.305 e. The van der Waals surface area contributed by atoms with Crippen LogP contribution in [0.4, 0.5) is 0 Å². The van der Waals surface area contributed by atoms with Crippen LogP contribution in [0.2, 0.25) is 0 Å². The van der Waals surface area contributed by atoms with E-state index in [-0.39, 0.29) is 5.97 Å². The molecular formula is C27H56NO2+. The van der Waals surface area contributed by atoms with Gasteiger partial charge in [-0.25, -0.2) is 0 Å². The Labute approximate surface area is 189 Å². The predicted molar refractivity (Wildman–Crippen MR) is 132 cm³/mol. The van der Waals surface area contributed by atoms with E-state index in [0.29, 0.717) is 13.0 Å². The monoisotopic (exact) mass is 426 g/mol. The third-order valence-electron chi connectivity index (χ3n) is 6.01. The highest BCUT2D eigenvalue weighted by Crippen LogP contribution is 2.14. The summed E-state index contributed by atoms with van der Waals surface area (Å²) in [5, 5.41) is 0. The Hall–Kier alpha value is -0.570. The van der Waals surface area contributed by atoms with Crippen LogP contribution in [0.25, 0.3) is 0 Å². The van der Waals surface area contributed by atoms with Gasteiger partial charge in [-0.2, -0.15) is 0 Å².